The molecule has 12 nitrogen and oxygen atoms in total. The monoisotopic (exact) mass is 670 g/mol. The molecule has 49 heavy (non-hydrogen) atoms. The number of nitrogen functional groups attached to an aromatic ring is 1. The van der Waals surface area contributed by atoms with Crippen molar-refractivity contribution in [3.63, 3.8) is 0 Å². The van der Waals surface area contributed by atoms with Gasteiger partial charge in [0.25, 0.3) is 0 Å². The van der Waals surface area contributed by atoms with Gasteiger partial charge >= 0.3 is 0 Å². The predicted octanol–water partition coefficient (Wildman–Crippen LogP) is 1.96. The molecule has 8 atom stereocenters. The second kappa shape index (κ2) is 12.5. The number of benzene rings is 2. The number of ether oxygens (including phenoxy) is 2. The summed E-state index contributed by atoms with van der Waals surface area (Å²) in [6.07, 6.45) is 0.469. The van der Waals surface area contributed by atoms with E-state index in [-0.39, 0.29) is 54.3 Å². The van der Waals surface area contributed by atoms with Crippen molar-refractivity contribution in [1.82, 2.24) is 4.98 Å². The fourth-order valence-corrected chi connectivity index (χ4v) is 8.03. The minimum atomic E-state index is -2.20. The van der Waals surface area contributed by atoms with Crippen LogP contribution in [0.5, 0.6) is 5.75 Å². The molecular formula is C37H38N2O10. The summed E-state index contributed by atoms with van der Waals surface area (Å²) in [6.45, 7) is -0.817. The Bertz CT molecular complexity index is 1880. The predicted molar refractivity (Wildman–Crippen MR) is 174 cm³/mol. The van der Waals surface area contributed by atoms with Gasteiger partial charge in [-0.15, -0.1) is 0 Å². The van der Waals surface area contributed by atoms with Crippen LogP contribution in [0.3, 0.4) is 0 Å². The van der Waals surface area contributed by atoms with Gasteiger partial charge in [-0.05, 0) is 78.1 Å². The van der Waals surface area contributed by atoms with E-state index in [9.17, 15) is 40.2 Å². The van der Waals surface area contributed by atoms with Gasteiger partial charge in [0.2, 0.25) is 6.29 Å². The molecule has 8 unspecified atom stereocenters. The molecule has 256 valence electrons. The van der Waals surface area contributed by atoms with Gasteiger partial charge in [0.15, 0.2) is 11.6 Å². The maximum absolute atomic E-state index is 14.1. The average Bonchev–Trinajstić information content (AvgIpc) is 3.09. The van der Waals surface area contributed by atoms with Crippen LogP contribution in [0.4, 0.5) is 5.82 Å². The van der Waals surface area contributed by atoms with Gasteiger partial charge in [0.1, 0.15) is 40.7 Å². The van der Waals surface area contributed by atoms with Gasteiger partial charge in [-0.3, -0.25) is 9.59 Å². The smallest absolute Gasteiger partial charge is 0.229 e. The quantitative estimate of drug-likeness (QED) is 0.183. The number of pyridine rings is 1. The minimum Gasteiger partial charge on any atom is -0.511 e. The standard InChI is InChI=1S/C37H38N2O10/c38-28-16-20(8-10-39-28)13-23-7-9-36(18-41)35(46)37(23,47)33(45)34(49-36)48-27-6-2-5-24-30(27)32(44)29-25(31(24)43)14-22(15-26(29)42)12-19-3-1-4-21(11-19)17-40/h1-6,8,10-11,14-16,23,25,29,33-35,40-42,45-47H,7,9,12-13,17-18H2,(H2,38,39). The number of nitrogens with zero attached hydrogens (tertiary/aromatic N) is 1. The number of hydrogen-bond acceptors (Lipinski definition) is 12. The normalized spacial score (nSPS) is 32.1. The topological polar surface area (TPSA) is 213 Å². The lowest BCUT2D eigenvalue weighted by Gasteiger charge is -2.59. The number of carbonyl (C=O) groups excluding carboxylic acids is 2. The summed E-state index contributed by atoms with van der Waals surface area (Å²) in [4.78, 5) is 32.0. The van der Waals surface area contributed by atoms with Gasteiger partial charge < -0.3 is 45.8 Å². The summed E-state index contributed by atoms with van der Waals surface area (Å²) in [5.74, 6) is -4.00. The summed E-state index contributed by atoms with van der Waals surface area (Å²) < 4.78 is 12.2. The number of aliphatic hydroxyl groups is 6. The molecule has 8 N–H and O–H groups in total. The highest BCUT2D eigenvalue weighted by Crippen LogP contribution is 2.51. The van der Waals surface area contributed by atoms with Crippen molar-refractivity contribution in [2.75, 3.05) is 12.3 Å². The zero-order valence-corrected chi connectivity index (χ0v) is 26.5. The van der Waals surface area contributed by atoms with Crippen LogP contribution in [0.2, 0.25) is 0 Å². The molecule has 0 amide bonds. The number of allylic oxidation sites excluding steroid dienone is 4. The lowest BCUT2D eigenvalue weighted by molar-refractivity contribution is -0.376. The van der Waals surface area contributed by atoms with Crippen molar-refractivity contribution in [3.05, 3.63) is 112 Å². The molecule has 2 fully saturated rings. The Morgan fingerprint density at radius 3 is 2.53 bits per heavy atom. The van der Waals surface area contributed by atoms with E-state index in [4.69, 9.17) is 15.2 Å². The van der Waals surface area contributed by atoms with Crippen LogP contribution in [0.25, 0.3) is 0 Å². The molecule has 1 aromatic heterocycles. The number of carbonyl (C=O) groups is 2. The van der Waals surface area contributed by atoms with E-state index in [0.29, 0.717) is 12.0 Å². The van der Waals surface area contributed by atoms with Crippen molar-refractivity contribution in [1.29, 1.82) is 0 Å². The molecular weight excluding hydrogens is 632 g/mol. The second-order valence-electron chi connectivity index (χ2n) is 13.5. The largest absolute Gasteiger partial charge is 0.511 e. The molecule has 3 aliphatic carbocycles. The Morgan fingerprint density at radius 1 is 1.00 bits per heavy atom. The Balaban J connectivity index is 1.19. The number of anilines is 1. The fraction of sp³-hybridized carbons (Fsp3) is 0.378. The molecule has 0 radical (unpaired) electrons. The molecule has 2 aromatic carbocycles. The summed E-state index contributed by atoms with van der Waals surface area (Å²) in [6, 6.07) is 15.1. The molecule has 1 saturated carbocycles. The molecule has 2 bridgehead atoms. The van der Waals surface area contributed by atoms with E-state index in [1.165, 1.54) is 30.5 Å². The molecule has 1 saturated heterocycles. The highest BCUT2D eigenvalue weighted by molar-refractivity contribution is 6.19. The average molecular weight is 671 g/mol. The number of aromatic nitrogens is 1. The zero-order chi connectivity index (χ0) is 34.7. The van der Waals surface area contributed by atoms with Crippen molar-refractivity contribution < 1.29 is 49.7 Å². The Kier molecular flexibility index (Phi) is 8.42. The van der Waals surface area contributed by atoms with Gasteiger partial charge in [0.05, 0.1) is 30.6 Å². The number of hydrogen-bond donors (Lipinski definition) is 7. The van der Waals surface area contributed by atoms with Crippen LogP contribution < -0.4 is 10.5 Å². The van der Waals surface area contributed by atoms with Crippen LogP contribution >= 0.6 is 0 Å². The number of fused-ring (bicyclic) bond motifs is 4. The molecule has 4 aliphatic rings. The number of rotatable bonds is 8. The van der Waals surface area contributed by atoms with Crippen molar-refractivity contribution in [3.8, 4) is 5.75 Å². The molecule has 7 rings (SSSR count). The Morgan fingerprint density at radius 2 is 1.78 bits per heavy atom. The van der Waals surface area contributed by atoms with E-state index in [1.54, 1.807) is 24.3 Å². The van der Waals surface area contributed by atoms with Gasteiger partial charge in [0, 0.05) is 11.8 Å². The minimum absolute atomic E-state index is 0.0607. The SMILES string of the molecule is Nc1cc(CC2CCC3(CO)OC(Oc4cccc5c4C(=O)C4C(O)=CC(Cc6cccc(CO)c6)=CC4C5=O)C(O)C2(O)C3O)ccn1. The van der Waals surface area contributed by atoms with Crippen LogP contribution in [0.15, 0.2) is 84.3 Å². The molecule has 0 spiro atoms. The van der Waals surface area contributed by atoms with Crippen LogP contribution in [0, 0.1) is 17.8 Å². The van der Waals surface area contributed by atoms with Crippen LogP contribution in [-0.4, -0.2) is 83.5 Å². The Labute approximate surface area is 281 Å². The first kappa shape index (κ1) is 33.1. The maximum atomic E-state index is 14.1. The molecule has 3 aromatic rings. The first-order valence-corrected chi connectivity index (χ1v) is 16.2. The molecule has 1 aliphatic heterocycles. The van der Waals surface area contributed by atoms with E-state index in [1.807, 2.05) is 18.2 Å². The van der Waals surface area contributed by atoms with Gasteiger partial charge in [-0.25, -0.2) is 4.98 Å². The summed E-state index contributed by atoms with van der Waals surface area (Å²) >= 11 is 0. The third-order valence-corrected chi connectivity index (χ3v) is 10.5. The van der Waals surface area contributed by atoms with Crippen molar-refractivity contribution in [2.24, 2.45) is 17.8 Å². The number of ketones is 2. The fourth-order valence-electron chi connectivity index (χ4n) is 8.03. The highest BCUT2D eigenvalue weighted by Gasteiger charge is 2.67. The van der Waals surface area contributed by atoms with Crippen molar-refractivity contribution in [2.45, 2.75) is 62.0 Å². The lowest BCUT2D eigenvalue weighted by Crippen LogP contribution is -2.78. The summed E-state index contributed by atoms with van der Waals surface area (Å²) in [5.41, 5.74) is 4.86. The molecule has 2 heterocycles. The third-order valence-electron chi connectivity index (χ3n) is 10.5. The first-order chi connectivity index (χ1) is 23.5. The lowest BCUT2D eigenvalue weighted by atomic mass is 9.61. The maximum Gasteiger partial charge on any atom is 0.229 e. The number of aliphatic hydroxyl groups excluding tert-OH is 5. The van der Waals surface area contributed by atoms with E-state index >= 15 is 0 Å². The number of nitrogens with two attached hydrogens (primary N) is 1. The van der Waals surface area contributed by atoms with E-state index < -0.39 is 65.6 Å². The van der Waals surface area contributed by atoms with Gasteiger partial charge in [-0.2, -0.15) is 0 Å². The second-order valence-corrected chi connectivity index (χ2v) is 13.5. The highest BCUT2D eigenvalue weighted by atomic mass is 16.7. The molecule has 12 heteroatoms. The van der Waals surface area contributed by atoms with Crippen LogP contribution in [0.1, 0.15) is 50.2 Å². The first-order valence-electron chi connectivity index (χ1n) is 16.2. The summed E-state index contributed by atoms with van der Waals surface area (Å²) in [5, 5.41) is 66.1. The van der Waals surface area contributed by atoms with Gasteiger partial charge in [-0.1, -0.05) is 42.5 Å². The van der Waals surface area contributed by atoms with Crippen LogP contribution in [-0.2, 0) is 24.2 Å². The Hall–Kier alpha value is -4.43. The van der Waals surface area contributed by atoms with Crippen molar-refractivity contribution >= 4 is 17.4 Å². The number of Topliss-reactive ketones (excluding diaryl/α,β-unsaturated/α-hetero) is 2. The summed E-state index contributed by atoms with van der Waals surface area (Å²) in [7, 11) is 0. The van der Waals surface area contributed by atoms with E-state index in [0.717, 1.165) is 16.7 Å². The third kappa shape index (κ3) is 5.45. The zero-order valence-electron chi connectivity index (χ0n) is 26.5. The van der Waals surface area contributed by atoms with E-state index in [2.05, 4.69) is 4.98 Å².